The first-order valence-electron chi connectivity index (χ1n) is 8.27. The number of rotatable bonds is 6. The number of hydrazone groups is 1. The van der Waals surface area contributed by atoms with E-state index in [1.165, 1.54) is 6.21 Å². The summed E-state index contributed by atoms with van der Waals surface area (Å²) in [6.45, 7) is 1.95. The summed E-state index contributed by atoms with van der Waals surface area (Å²) in [4.78, 5) is 24.1. The summed E-state index contributed by atoms with van der Waals surface area (Å²) in [7, 11) is 0. The van der Waals surface area contributed by atoms with Gasteiger partial charge in [0.25, 0.3) is 5.91 Å². The molecule has 0 aliphatic heterocycles. The monoisotopic (exact) mass is 413 g/mol. The molecule has 7 nitrogen and oxygen atoms in total. The maximum atomic E-state index is 12.2. The molecular formula is C19H16ClN5O2S. The first-order valence-corrected chi connectivity index (χ1v) is 9.47. The third-order valence-corrected chi connectivity index (χ3v) is 4.68. The smallest absolute Gasteiger partial charge is 0.257 e. The third-order valence-electron chi connectivity index (χ3n) is 3.59. The molecule has 0 atom stereocenters. The van der Waals surface area contributed by atoms with Crippen molar-refractivity contribution < 1.29 is 9.59 Å². The van der Waals surface area contributed by atoms with Crippen molar-refractivity contribution >= 4 is 46.1 Å². The first-order chi connectivity index (χ1) is 13.5. The molecule has 2 aromatic carbocycles. The summed E-state index contributed by atoms with van der Waals surface area (Å²) in [5.41, 5.74) is 4.83. The summed E-state index contributed by atoms with van der Waals surface area (Å²) >= 11 is 6.95. The van der Waals surface area contributed by atoms with Crippen molar-refractivity contribution in [2.75, 3.05) is 5.32 Å². The topological polar surface area (TPSA) is 96.3 Å². The predicted octanol–water partition coefficient (Wildman–Crippen LogP) is 3.45. The highest BCUT2D eigenvalue weighted by atomic mass is 35.5. The second kappa shape index (κ2) is 9.20. The molecule has 0 spiro atoms. The zero-order chi connectivity index (χ0) is 19.9. The molecule has 142 valence electrons. The molecule has 28 heavy (non-hydrogen) atoms. The van der Waals surface area contributed by atoms with Gasteiger partial charge in [-0.3, -0.25) is 14.9 Å². The zero-order valence-electron chi connectivity index (χ0n) is 14.8. The Bertz CT molecular complexity index is 1000. The number of aryl methyl sites for hydroxylation is 1. The van der Waals surface area contributed by atoms with Crippen LogP contribution in [0.15, 0.2) is 53.6 Å². The van der Waals surface area contributed by atoms with Crippen LogP contribution in [0, 0.1) is 6.92 Å². The minimum Gasteiger partial charge on any atom is -0.296 e. The molecule has 0 aliphatic rings. The maximum absolute atomic E-state index is 12.2. The van der Waals surface area contributed by atoms with Gasteiger partial charge in [0.1, 0.15) is 5.01 Å². The molecule has 0 bridgehead atoms. The number of aromatic nitrogens is 2. The van der Waals surface area contributed by atoms with Gasteiger partial charge in [-0.1, -0.05) is 52.8 Å². The summed E-state index contributed by atoms with van der Waals surface area (Å²) < 4.78 is 0. The molecule has 3 rings (SSSR count). The Kier molecular flexibility index (Phi) is 6.46. The standard InChI is InChI=1S/C19H16ClN5O2S/c1-12-2-6-14(7-3-12)18(27)22-19-25-24-17(28-19)10-16(26)23-21-11-13-4-8-15(20)9-5-13/h2-9,11H,10H2,1H3,(H,23,26)(H,22,25,27). The van der Waals surface area contributed by atoms with E-state index >= 15 is 0 Å². The predicted molar refractivity (Wildman–Crippen MR) is 110 cm³/mol. The molecule has 3 aromatic rings. The van der Waals surface area contributed by atoms with Gasteiger partial charge in [0.15, 0.2) is 0 Å². The van der Waals surface area contributed by atoms with E-state index in [1.807, 2.05) is 19.1 Å². The van der Waals surface area contributed by atoms with Crippen LogP contribution in [0.5, 0.6) is 0 Å². The van der Waals surface area contributed by atoms with Gasteiger partial charge in [0.05, 0.1) is 12.6 Å². The fourth-order valence-electron chi connectivity index (χ4n) is 2.15. The number of carbonyl (C=O) groups is 2. The lowest BCUT2D eigenvalue weighted by Gasteiger charge is -2.01. The van der Waals surface area contributed by atoms with E-state index in [2.05, 4.69) is 26.0 Å². The molecular weight excluding hydrogens is 398 g/mol. The van der Waals surface area contributed by atoms with Crippen LogP contribution in [-0.2, 0) is 11.2 Å². The average molecular weight is 414 g/mol. The fraction of sp³-hybridized carbons (Fsp3) is 0.105. The lowest BCUT2D eigenvalue weighted by molar-refractivity contribution is -0.120. The number of hydrogen-bond donors (Lipinski definition) is 2. The number of nitrogens with one attached hydrogen (secondary N) is 2. The molecule has 2 amide bonds. The van der Waals surface area contributed by atoms with Crippen LogP contribution in [0.2, 0.25) is 5.02 Å². The van der Waals surface area contributed by atoms with Crippen LogP contribution in [0.3, 0.4) is 0 Å². The Morgan fingerprint density at radius 3 is 2.54 bits per heavy atom. The Balaban J connectivity index is 1.50. The van der Waals surface area contributed by atoms with Crippen LogP contribution in [0.4, 0.5) is 5.13 Å². The highest BCUT2D eigenvalue weighted by Crippen LogP contribution is 2.17. The van der Waals surface area contributed by atoms with Crippen LogP contribution in [0.1, 0.15) is 26.5 Å². The van der Waals surface area contributed by atoms with Crippen molar-refractivity contribution in [3.8, 4) is 0 Å². The Labute approximate surface area is 170 Å². The molecule has 0 saturated carbocycles. The maximum Gasteiger partial charge on any atom is 0.257 e. The van der Waals surface area contributed by atoms with Crippen LogP contribution in [-0.4, -0.2) is 28.2 Å². The lowest BCUT2D eigenvalue weighted by Crippen LogP contribution is -2.19. The van der Waals surface area contributed by atoms with Gasteiger partial charge in [0, 0.05) is 10.6 Å². The minimum atomic E-state index is -0.335. The normalized spacial score (nSPS) is 10.8. The number of nitrogens with zero attached hydrogens (tertiary/aromatic N) is 3. The number of halogens is 1. The Hall–Kier alpha value is -3.10. The van der Waals surface area contributed by atoms with Crippen molar-refractivity contribution in [1.82, 2.24) is 15.6 Å². The molecule has 0 fully saturated rings. The second-order valence-electron chi connectivity index (χ2n) is 5.84. The SMILES string of the molecule is Cc1ccc(C(=O)Nc2nnc(CC(=O)NN=Cc3ccc(Cl)cc3)s2)cc1. The summed E-state index contributed by atoms with van der Waals surface area (Å²) in [6.07, 6.45) is 1.53. The minimum absolute atomic E-state index is 0.00995. The summed E-state index contributed by atoms with van der Waals surface area (Å²) in [5.74, 6) is -0.613. The van der Waals surface area contributed by atoms with Gasteiger partial charge in [-0.25, -0.2) is 5.43 Å². The third kappa shape index (κ3) is 5.70. The van der Waals surface area contributed by atoms with Crippen molar-refractivity contribution in [3.63, 3.8) is 0 Å². The van der Waals surface area contributed by atoms with E-state index in [1.54, 1.807) is 36.4 Å². The molecule has 1 heterocycles. The lowest BCUT2D eigenvalue weighted by atomic mass is 10.1. The zero-order valence-corrected chi connectivity index (χ0v) is 16.4. The van der Waals surface area contributed by atoms with Crippen molar-refractivity contribution in [3.05, 3.63) is 75.3 Å². The van der Waals surface area contributed by atoms with Gasteiger partial charge < -0.3 is 0 Å². The number of carbonyl (C=O) groups excluding carboxylic acids is 2. The summed E-state index contributed by atoms with van der Waals surface area (Å²) in [6, 6.07) is 14.2. The number of benzene rings is 2. The average Bonchev–Trinajstić information content (AvgIpc) is 3.10. The second-order valence-corrected chi connectivity index (χ2v) is 7.34. The van der Waals surface area contributed by atoms with E-state index in [-0.39, 0.29) is 18.2 Å². The van der Waals surface area contributed by atoms with E-state index in [0.717, 1.165) is 22.5 Å². The number of anilines is 1. The molecule has 0 saturated heterocycles. The largest absolute Gasteiger partial charge is 0.296 e. The quantitative estimate of drug-likeness (QED) is 0.477. The Morgan fingerprint density at radius 1 is 1.11 bits per heavy atom. The van der Waals surface area contributed by atoms with Crippen molar-refractivity contribution in [2.45, 2.75) is 13.3 Å². The van der Waals surface area contributed by atoms with Gasteiger partial charge >= 0.3 is 0 Å². The number of amides is 2. The highest BCUT2D eigenvalue weighted by molar-refractivity contribution is 7.15. The van der Waals surface area contributed by atoms with Gasteiger partial charge in [-0.05, 0) is 36.8 Å². The van der Waals surface area contributed by atoms with Gasteiger partial charge in [-0.2, -0.15) is 5.10 Å². The fourth-order valence-corrected chi connectivity index (χ4v) is 3.01. The van der Waals surface area contributed by atoms with Crippen LogP contribution in [0.25, 0.3) is 0 Å². The molecule has 1 aromatic heterocycles. The van der Waals surface area contributed by atoms with Gasteiger partial charge in [-0.15, -0.1) is 10.2 Å². The highest BCUT2D eigenvalue weighted by Gasteiger charge is 2.12. The Morgan fingerprint density at radius 2 is 1.82 bits per heavy atom. The van der Waals surface area contributed by atoms with E-state index in [9.17, 15) is 9.59 Å². The van der Waals surface area contributed by atoms with Crippen molar-refractivity contribution in [1.29, 1.82) is 0 Å². The van der Waals surface area contributed by atoms with Crippen molar-refractivity contribution in [2.24, 2.45) is 5.10 Å². The van der Waals surface area contributed by atoms with Gasteiger partial charge in [0.2, 0.25) is 11.0 Å². The molecule has 0 unspecified atom stereocenters. The first kappa shape index (κ1) is 19.7. The van der Waals surface area contributed by atoms with Crippen LogP contribution < -0.4 is 10.7 Å². The van der Waals surface area contributed by atoms with Crippen LogP contribution >= 0.6 is 22.9 Å². The van der Waals surface area contributed by atoms with E-state index < -0.39 is 0 Å². The van der Waals surface area contributed by atoms with E-state index in [0.29, 0.717) is 20.7 Å². The molecule has 9 heteroatoms. The molecule has 0 aliphatic carbocycles. The summed E-state index contributed by atoms with van der Waals surface area (Å²) in [5, 5.41) is 15.8. The molecule has 2 N–H and O–H groups in total. The number of hydrogen-bond acceptors (Lipinski definition) is 6. The van der Waals surface area contributed by atoms with E-state index in [4.69, 9.17) is 11.6 Å². The molecule has 0 radical (unpaired) electrons.